The molecule has 5 nitrogen and oxygen atoms in total. The van der Waals surface area contributed by atoms with E-state index in [1.807, 2.05) is 38.1 Å². The highest BCUT2D eigenvalue weighted by Gasteiger charge is 2.35. The van der Waals surface area contributed by atoms with Crippen LogP contribution in [0.15, 0.2) is 66.4 Å². The quantitative estimate of drug-likeness (QED) is 0.495. The van der Waals surface area contributed by atoms with Crippen molar-refractivity contribution < 1.29 is 9.59 Å². The van der Waals surface area contributed by atoms with Gasteiger partial charge in [0.15, 0.2) is 0 Å². The van der Waals surface area contributed by atoms with E-state index in [0.717, 1.165) is 28.4 Å². The SMILES string of the molecule is Cc1cc(/C=C2/NC(=O)N(c3ccc(Cl)cc3)C2=O)c(C)n1Cc1ccccc1. The van der Waals surface area contributed by atoms with Gasteiger partial charge in [0.1, 0.15) is 5.70 Å². The van der Waals surface area contributed by atoms with Gasteiger partial charge in [-0.25, -0.2) is 9.69 Å². The monoisotopic (exact) mass is 405 g/mol. The smallest absolute Gasteiger partial charge is 0.333 e. The molecule has 29 heavy (non-hydrogen) atoms. The fourth-order valence-electron chi connectivity index (χ4n) is 3.50. The number of urea groups is 1. The number of hydrogen-bond donors (Lipinski definition) is 1. The maximum absolute atomic E-state index is 12.8. The minimum Gasteiger partial charge on any atom is -0.344 e. The standard InChI is InChI=1S/C23H20ClN3O2/c1-15-12-18(16(2)26(15)14-17-6-4-3-5-7-17)13-21-22(28)27(23(29)25-21)20-10-8-19(24)9-11-20/h3-13H,14H2,1-2H3,(H,25,29)/b21-13+. The Labute approximate surface area is 174 Å². The second-order valence-corrected chi connectivity index (χ2v) is 7.44. The van der Waals surface area contributed by atoms with E-state index in [-0.39, 0.29) is 11.6 Å². The molecule has 1 N–H and O–H groups in total. The first-order valence-corrected chi connectivity index (χ1v) is 9.65. The molecule has 3 amide bonds. The summed E-state index contributed by atoms with van der Waals surface area (Å²) in [7, 11) is 0. The van der Waals surface area contributed by atoms with Crippen LogP contribution in [0.5, 0.6) is 0 Å². The molecule has 4 rings (SSSR count). The van der Waals surface area contributed by atoms with Gasteiger partial charge >= 0.3 is 6.03 Å². The van der Waals surface area contributed by atoms with Crippen LogP contribution in [0, 0.1) is 13.8 Å². The average molecular weight is 406 g/mol. The van der Waals surface area contributed by atoms with E-state index in [0.29, 0.717) is 10.7 Å². The zero-order valence-corrected chi connectivity index (χ0v) is 16.9. The molecule has 1 fully saturated rings. The van der Waals surface area contributed by atoms with Crippen molar-refractivity contribution in [3.05, 3.63) is 93.9 Å². The molecule has 1 aliphatic rings. The lowest BCUT2D eigenvalue weighted by molar-refractivity contribution is -0.113. The number of benzene rings is 2. The molecule has 0 saturated carbocycles. The molecule has 0 aliphatic carbocycles. The first kappa shape index (κ1) is 19.0. The van der Waals surface area contributed by atoms with Gasteiger partial charge in [0.25, 0.3) is 5.91 Å². The maximum Gasteiger partial charge on any atom is 0.333 e. The molecule has 1 aliphatic heterocycles. The molecular weight excluding hydrogens is 386 g/mol. The van der Waals surface area contributed by atoms with Crippen LogP contribution in [0.1, 0.15) is 22.5 Å². The van der Waals surface area contributed by atoms with E-state index in [1.165, 1.54) is 5.56 Å². The Kier molecular flexibility index (Phi) is 4.99. The molecular formula is C23H20ClN3O2. The van der Waals surface area contributed by atoms with Crippen molar-refractivity contribution in [2.24, 2.45) is 0 Å². The largest absolute Gasteiger partial charge is 0.344 e. The summed E-state index contributed by atoms with van der Waals surface area (Å²) in [6.07, 6.45) is 1.74. The summed E-state index contributed by atoms with van der Waals surface area (Å²) in [4.78, 5) is 26.3. The lowest BCUT2D eigenvalue weighted by Crippen LogP contribution is -2.30. The number of nitrogens with one attached hydrogen (secondary N) is 1. The van der Waals surface area contributed by atoms with E-state index >= 15 is 0 Å². The molecule has 0 bridgehead atoms. The highest BCUT2D eigenvalue weighted by Crippen LogP contribution is 2.25. The Morgan fingerprint density at radius 3 is 2.38 bits per heavy atom. The van der Waals surface area contributed by atoms with Gasteiger partial charge in [-0.1, -0.05) is 41.9 Å². The van der Waals surface area contributed by atoms with E-state index in [4.69, 9.17) is 11.6 Å². The topological polar surface area (TPSA) is 54.3 Å². The molecule has 2 aromatic carbocycles. The summed E-state index contributed by atoms with van der Waals surface area (Å²) in [5.41, 5.74) is 4.96. The number of rotatable bonds is 4. The van der Waals surface area contributed by atoms with Crippen LogP contribution < -0.4 is 10.2 Å². The van der Waals surface area contributed by atoms with E-state index in [2.05, 4.69) is 22.0 Å². The van der Waals surface area contributed by atoms with Gasteiger partial charge in [-0.3, -0.25) is 4.79 Å². The summed E-state index contributed by atoms with van der Waals surface area (Å²) in [5.74, 6) is -0.384. The number of imide groups is 1. The predicted molar refractivity (Wildman–Crippen MR) is 115 cm³/mol. The zero-order chi connectivity index (χ0) is 20.5. The number of anilines is 1. The van der Waals surface area contributed by atoms with Gasteiger partial charge < -0.3 is 9.88 Å². The van der Waals surface area contributed by atoms with Gasteiger partial charge in [0, 0.05) is 23.0 Å². The Hall–Kier alpha value is -3.31. The zero-order valence-electron chi connectivity index (χ0n) is 16.1. The van der Waals surface area contributed by atoms with Crippen molar-refractivity contribution in [3.8, 4) is 0 Å². The second-order valence-electron chi connectivity index (χ2n) is 7.00. The van der Waals surface area contributed by atoms with Crippen molar-refractivity contribution >= 4 is 35.3 Å². The summed E-state index contributed by atoms with van der Waals surface area (Å²) in [6.45, 7) is 4.80. The van der Waals surface area contributed by atoms with Gasteiger partial charge in [-0.2, -0.15) is 0 Å². The fraction of sp³-hybridized carbons (Fsp3) is 0.130. The molecule has 1 saturated heterocycles. The summed E-state index contributed by atoms with van der Waals surface area (Å²) >= 11 is 5.90. The van der Waals surface area contributed by atoms with E-state index in [9.17, 15) is 9.59 Å². The number of hydrogen-bond acceptors (Lipinski definition) is 2. The minimum absolute atomic E-state index is 0.255. The molecule has 2 heterocycles. The molecule has 146 valence electrons. The predicted octanol–water partition coefficient (Wildman–Crippen LogP) is 4.90. The molecule has 0 unspecified atom stereocenters. The first-order chi connectivity index (χ1) is 13.9. The van der Waals surface area contributed by atoms with Crippen molar-refractivity contribution in [1.29, 1.82) is 0 Å². The van der Waals surface area contributed by atoms with Crippen LogP contribution in [0.3, 0.4) is 0 Å². The van der Waals surface area contributed by atoms with Crippen molar-refractivity contribution in [2.45, 2.75) is 20.4 Å². The van der Waals surface area contributed by atoms with Gasteiger partial charge in [-0.15, -0.1) is 0 Å². The highest BCUT2D eigenvalue weighted by atomic mass is 35.5. The van der Waals surface area contributed by atoms with Crippen LogP contribution in [-0.2, 0) is 11.3 Å². The third-order valence-electron chi connectivity index (χ3n) is 5.06. The lowest BCUT2D eigenvalue weighted by atomic mass is 10.2. The third-order valence-corrected chi connectivity index (χ3v) is 5.31. The molecule has 1 aromatic heterocycles. The summed E-state index contributed by atoms with van der Waals surface area (Å²) in [6, 6.07) is 18.3. The Morgan fingerprint density at radius 2 is 1.69 bits per heavy atom. The summed E-state index contributed by atoms with van der Waals surface area (Å²) in [5, 5.41) is 3.22. The van der Waals surface area contributed by atoms with Gasteiger partial charge in [0.2, 0.25) is 0 Å². The van der Waals surface area contributed by atoms with Crippen LogP contribution in [0.2, 0.25) is 5.02 Å². The number of carbonyl (C=O) groups excluding carboxylic acids is 2. The summed E-state index contributed by atoms with van der Waals surface area (Å²) < 4.78 is 2.19. The Morgan fingerprint density at radius 1 is 1.00 bits per heavy atom. The number of amides is 3. The van der Waals surface area contributed by atoms with Crippen LogP contribution >= 0.6 is 11.6 Å². The Bertz CT molecular complexity index is 1120. The number of aryl methyl sites for hydroxylation is 1. The lowest BCUT2D eigenvalue weighted by Gasteiger charge is -2.11. The number of nitrogens with zero attached hydrogens (tertiary/aromatic N) is 2. The second kappa shape index (κ2) is 7.60. The Balaban J connectivity index is 1.63. The van der Waals surface area contributed by atoms with Crippen LogP contribution in [0.25, 0.3) is 6.08 Å². The van der Waals surface area contributed by atoms with E-state index in [1.54, 1.807) is 30.3 Å². The van der Waals surface area contributed by atoms with Crippen molar-refractivity contribution in [3.63, 3.8) is 0 Å². The minimum atomic E-state index is -0.471. The molecule has 6 heteroatoms. The normalized spacial score (nSPS) is 15.3. The fourth-order valence-corrected chi connectivity index (χ4v) is 3.62. The number of halogens is 1. The number of aromatic nitrogens is 1. The highest BCUT2D eigenvalue weighted by molar-refractivity contribution is 6.31. The number of carbonyl (C=O) groups is 2. The molecule has 0 spiro atoms. The van der Waals surface area contributed by atoms with Crippen molar-refractivity contribution in [1.82, 2.24) is 9.88 Å². The van der Waals surface area contributed by atoms with Crippen LogP contribution in [0.4, 0.5) is 10.5 Å². The first-order valence-electron chi connectivity index (χ1n) is 9.27. The van der Waals surface area contributed by atoms with Gasteiger partial charge in [0.05, 0.1) is 5.69 Å². The average Bonchev–Trinajstić information content (AvgIpc) is 3.13. The van der Waals surface area contributed by atoms with Crippen LogP contribution in [-0.4, -0.2) is 16.5 Å². The molecule has 0 atom stereocenters. The third kappa shape index (κ3) is 3.69. The molecule has 0 radical (unpaired) electrons. The van der Waals surface area contributed by atoms with E-state index < -0.39 is 6.03 Å². The van der Waals surface area contributed by atoms with Gasteiger partial charge in [-0.05, 0) is 61.4 Å². The van der Waals surface area contributed by atoms with Crippen molar-refractivity contribution in [2.75, 3.05) is 4.90 Å². The molecule has 3 aromatic rings. The maximum atomic E-state index is 12.8.